The highest BCUT2D eigenvalue weighted by atomic mass is 16.3. The van der Waals surface area contributed by atoms with E-state index in [2.05, 4.69) is 33.9 Å². The van der Waals surface area contributed by atoms with E-state index in [4.69, 9.17) is 0 Å². The van der Waals surface area contributed by atoms with Gasteiger partial charge in [0.15, 0.2) is 5.65 Å². The number of para-hydroxylation sites is 1. The van der Waals surface area contributed by atoms with Crippen molar-refractivity contribution >= 4 is 11.0 Å². The molecule has 3 N–H and O–H groups in total. The van der Waals surface area contributed by atoms with Crippen LogP contribution in [0.4, 0.5) is 0 Å². The molecule has 0 bridgehead atoms. The number of hydrogen-bond donors (Lipinski definition) is 3. The van der Waals surface area contributed by atoms with Gasteiger partial charge >= 0.3 is 0 Å². The van der Waals surface area contributed by atoms with Crippen LogP contribution in [0.1, 0.15) is 31.1 Å². The van der Waals surface area contributed by atoms with Crippen LogP contribution in [-0.2, 0) is 6.42 Å². The minimum atomic E-state index is -0.0566. The lowest BCUT2D eigenvalue weighted by Crippen LogP contribution is -2.41. The van der Waals surface area contributed by atoms with Gasteiger partial charge in [0, 0.05) is 41.2 Å². The van der Waals surface area contributed by atoms with Gasteiger partial charge < -0.3 is 15.2 Å². The van der Waals surface area contributed by atoms with Crippen LogP contribution in [0.15, 0.2) is 30.3 Å². The van der Waals surface area contributed by atoms with Crippen LogP contribution in [0.2, 0.25) is 0 Å². The second-order valence-corrected chi connectivity index (χ2v) is 6.81. The summed E-state index contributed by atoms with van der Waals surface area (Å²) >= 11 is 0. The fourth-order valence-electron chi connectivity index (χ4n) is 3.84. The Morgan fingerprint density at radius 3 is 2.80 bits per heavy atom. The first-order valence-corrected chi connectivity index (χ1v) is 8.63. The summed E-state index contributed by atoms with van der Waals surface area (Å²) < 4.78 is 0. The van der Waals surface area contributed by atoms with Crippen molar-refractivity contribution in [1.29, 1.82) is 0 Å². The Labute approximate surface area is 146 Å². The van der Waals surface area contributed by atoms with Crippen LogP contribution in [0.3, 0.4) is 0 Å². The number of aliphatic hydroxyl groups excluding tert-OH is 1. The number of hydrogen-bond acceptors (Lipinski definition) is 5. The Kier molecular flexibility index (Phi) is 3.94. The van der Waals surface area contributed by atoms with Gasteiger partial charge in [0.1, 0.15) is 5.75 Å². The number of nitrogens with zero attached hydrogens (tertiary/aromatic N) is 3. The minimum absolute atomic E-state index is 0.0566. The summed E-state index contributed by atoms with van der Waals surface area (Å²) in [4.78, 5) is 5.67. The molecule has 1 aliphatic heterocycles. The van der Waals surface area contributed by atoms with Gasteiger partial charge in [-0.3, -0.25) is 4.90 Å². The van der Waals surface area contributed by atoms with Crippen LogP contribution in [0.5, 0.6) is 5.75 Å². The number of phenolic OH excluding ortho intramolecular Hbond substituents is 1. The summed E-state index contributed by atoms with van der Waals surface area (Å²) in [5.41, 5.74) is 4.24. The summed E-state index contributed by atoms with van der Waals surface area (Å²) in [6.45, 7) is 5.26. The summed E-state index contributed by atoms with van der Waals surface area (Å²) in [6.07, 6.45) is 0.895. The van der Waals surface area contributed by atoms with E-state index in [1.54, 1.807) is 12.1 Å². The third kappa shape index (κ3) is 2.58. The highest BCUT2D eigenvalue weighted by Gasteiger charge is 2.32. The lowest BCUT2D eigenvalue weighted by Gasteiger charge is -2.37. The maximum atomic E-state index is 10.1. The predicted molar refractivity (Wildman–Crippen MR) is 96.4 cm³/mol. The van der Waals surface area contributed by atoms with Crippen LogP contribution in [0.25, 0.3) is 22.3 Å². The fraction of sp³-hybridized carbons (Fsp3) is 0.368. The molecule has 6 heteroatoms. The molecule has 0 saturated heterocycles. The summed E-state index contributed by atoms with van der Waals surface area (Å²) in [6, 6.07) is 9.37. The Morgan fingerprint density at radius 2 is 2.08 bits per heavy atom. The van der Waals surface area contributed by atoms with Gasteiger partial charge in [0.05, 0.1) is 18.3 Å². The molecule has 0 fully saturated rings. The molecule has 1 aromatic carbocycles. The molecule has 25 heavy (non-hydrogen) atoms. The van der Waals surface area contributed by atoms with E-state index in [-0.39, 0.29) is 18.4 Å². The van der Waals surface area contributed by atoms with Crippen molar-refractivity contribution in [1.82, 2.24) is 20.1 Å². The van der Waals surface area contributed by atoms with Crippen molar-refractivity contribution in [2.24, 2.45) is 0 Å². The van der Waals surface area contributed by atoms with Gasteiger partial charge in [0.25, 0.3) is 0 Å². The Hall–Kier alpha value is -2.44. The number of aromatic amines is 1. The topological polar surface area (TPSA) is 85.3 Å². The lowest BCUT2D eigenvalue weighted by atomic mass is 9.95. The number of aromatic nitrogens is 3. The molecular formula is C19H22N4O2. The second-order valence-electron chi connectivity index (χ2n) is 6.81. The average molecular weight is 338 g/mol. The van der Waals surface area contributed by atoms with Gasteiger partial charge in [-0.25, -0.2) is 0 Å². The number of H-pyrrole nitrogens is 1. The number of rotatable bonds is 3. The van der Waals surface area contributed by atoms with E-state index in [0.29, 0.717) is 17.3 Å². The molecule has 0 spiro atoms. The molecule has 6 nitrogen and oxygen atoms in total. The van der Waals surface area contributed by atoms with Gasteiger partial charge in [-0.05, 0) is 32.0 Å². The number of nitrogens with one attached hydrogen (secondary N) is 1. The Bertz CT molecular complexity index is 919. The third-order valence-corrected chi connectivity index (χ3v) is 5.05. The highest BCUT2D eigenvalue weighted by molar-refractivity contribution is 5.86. The molecule has 2 aromatic heterocycles. The zero-order chi connectivity index (χ0) is 17.6. The smallest absolute Gasteiger partial charge is 0.160 e. The molecule has 3 aromatic rings. The van der Waals surface area contributed by atoms with Gasteiger partial charge in [-0.1, -0.05) is 12.1 Å². The van der Waals surface area contributed by atoms with Crippen LogP contribution >= 0.6 is 0 Å². The molecule has 0 aliphatic carbocycles. The van der Waals surface area contributed by atoms with Crippen molar-refractivity contribution in [3.63, 3.8) is 0 Å². The van der Waals surface area contributed by atoms with Crippen molar-refractivity contribution < 1.29 is 10.2 Å². The maximum absolute atomic E-state index is 10.1. The third-order valence-electron chi connectivity index (χ3n) is 5.05. The van der Waals surface area contributed by atoms with E-state index in [9.17, 15) is 10.2 Å². The van der Waals surface area contributed by atoms with Crippen LogP contribution in [0, 0.1) is 0 Å². The fourth-order valence-corrected chi connectivity index (χ4v) is 3.84. The highest BCUT2D eigenvalue weighted by Crippen LogP contribution is 2.37. The number of phenols is 1. The van der Waals surface area contributed by atoms with Gasteiger partial charge in [-0.15, -0.1) is 10.2 Å². The molecule has 1 aliphatic rings. The SMILES string of the molecule is CC(C)N1CCc2[nH]c3nnc(-c4ccccc4O)cc3c2[C@H]1CO. The van der Waals surface area contributed by atoms with Gasteiger partial charge in [0.2, 0.25) is 0 Å². The molecule has 1 atom stereocenters. The van der Waals surface area contributed by atoms with E-state index in [1.165, 1.54) is 0 Å². The van der Waals surface area contributed by atoms with E-state index in [0.717, 1.165) is 35.3 Å². The second kappa shape index (κ2) is 6.13. The van der Waals surface area contributed by atoms with Gasteiger partial charge in [-0.2, -0.15) is 0 Å². The van der Waals surface area contributed by atoms with Crippen LogP contribution in [-0.4, -0.2) is 49.5 Å². The first kappa shape index (κ1) is 16.1. The van der Waals surface area contributed by atoms with E-state index >= 15 is 0 Å². The maximum Gasteiger partial charge on any atom is 0.160 e. The number of aromatic hydroxyl groups is 1. The summed E-state index contributed by atoms with van der Waals surface area (Å²) in [5, 5.41) is 29.7. The number of aliphatic hydroxyl groups is 1. The largest absolute Gasteiger partial charge is 0.507 e. The molecule has 0 saturated carbocycles. The number of benzene rings is 1. The molecule has 0 unspecified atom stereocenters. The first-order valence-electron chi connectivity index (χ1n) is 8.63. The number of fused-ring (bicyclic) bond motifs is 3. The zero-order valence-electron chi connectivity index (χ0n) is 14.4. The van der Waals surface area contributed by atoms with Crippen molar-refractivity contribution in [2.45, 2.75) is 32.4 Å². The Balaban J connectivity index is 1.89. The predicted octanol–water partition coefficient (Wildman–Crippen LogP) is 2.63. The summed E-state index contributed by atoms with van der Waals surface area (Å²) in [7, 11) is 0. The van der Waals surface area contributed by atoms with E-state index < -0.39 is 0 Å². The standard InChI is InChI=1S/C19H22N4O2/c1-11(2)23-8-7-14-18(16(23)10-24)13-9-15(21-22-19(13)20-14)12-5-3-4-6-17(12)25/h3-6,9,11,16,24-25H,7-8,10H2,1-2H3,(H,20,22)/t16-/m1/s1. The van der Waals surface area contributed by atoms with E-state index in [1.807, 2.05) is 18.2 Å². The average Bonchev–Trinajstić information content (AvgIpc) is 2.99. The first-order chi connectivity index (χ1) is 12.1. The minimum Gasteiger partial charge on any atom is -0.507 e. The Morgan fingerprint density at radius 1 is 1.28 bits per heavy atom. The van der Waals surface area contributed by atoms with Crippen molar-refractivity contribution in [3.8, 4) is 17.0 Å². The quantitative estimate of drug-likeness (QED) is 0.683. The molecule has 130 valence electrons. The molecule has 4 rings (SSSR count). The normalized spacial score (nSPS) is 18.0. The molecule has 3 heterocycles. The molecule has 0 amide bonds. The summed E-state index contributed by atoms with van der Waals surface area (Å²) in [5.74, 6) is 0.183. The zero-order valence-corrected chi connectivity index (χ0v) is 14.4. The van der Waals surface area contributed by atoms with Crippen molar-refractivity contribution in [2.75, 3.05) is 13.2 Å². The monoisotopic (exact) mass is 338 g/mol. The molecular weight excluding hydrogens is 316 g/mol. The lowest BCUT2D eigenvalue weighted by molar-refractivity contribution is 0.0878. The molecule has 0 radical (unpaired) electrons. The van der Waals surface area contributed by atoms with Crippen LogP contribution < -0.4 is 0 Å². The van der Waals surface area contributed by atoms with Crippen molar-refractivity contribution in [3.05, 3.63) is 41.6 Å².